The fourth-order valence-corrected chi connectivity index (χ4v) is 2.58. The van der Waals surface area contributed by atoms with Crippen molar-refractivity contribution in [2.24, 2.45) is 11.8 Å². The second kappa shape index (κ2) is 5.18. The molecule has 0 N–H and O–H groups in total. The van der Waals surface area contributed by atoms with Crippen LogP contribution in [0.4, 0.5) is 0 Å². The molecule has 3 heteroatoms. The molecule has 0 amide bonds. The van der Waals surface area contributed by atoms with Gasteiger partial charge >= 0.3 is 0 Å². The first-order valence-corrected chi connectivity index (χ1v) is 6.47. The Morgan fingerprint density at radius 2 is 1.94 bits per heavy atom. The Bertz CT molecular complexity index is 388. The lowest BCUT2D eigenvalue weighted by Crippen LogP contribution is -2.07. The number of hydrogen-bond acceptors (Lipinski definition) is 2. The van der Waals surface area contributed by atoms with E-state index in [1.54, 1.807) is 14.2 Å². The molecule has 2 nitrogen and oxygen atoms in total. The Kier molecular flexibility index (Phi) is 3.82. The predicted octanol–water partition coefficient (Wildman–Crippen LogP) is 4.03. The van der Waals surface area contributed by atoms with E-state index < -0.39 is 0 Å². The minimum Gasteiger partial charge on any atom is -0.497 e. The fourth-order valence-electron chi connectivity index (χ4n) is 2.19. The molecule has 0 aliphatic heterocycles. The molecule has 1 saturated carbocycles. The number of ether oxygens (including phenoxy) is 2. The van der Waals surface area contributed by atoms with Crippen molar-refractivity contribution in [3.05, 3.63) is 23.8 Å². The SMILES string of the molecule is COc1ccc(C(Cl)C(C)C2CC2)c(OC)c1. The second-order valence-electron chi connectivity index (χ2n) is 4.71. The minimum absolute atomic E-state index is 0.0170. The minimum atomic E-state index is 0.0170. The molecule has 1 fully saturated rings. The first-order valence-electron chi connectivity index (χ1n) is 6.03. The van der Waals surface area contributed by atoms with Gasteiger partial charge in [0, 0.05) is 11.6 Å². The van der Waals surface area contributed by atoms with Crippen LogP contribution in [-0.2, 0) is 0 Å². The summed E-state index contributed by atoms with van der Waals surface area (Å²) in [5.41, 5.74) is 1.06. The molecule has 0 aromatic heterocycles. The highest BCUT2D eigenvalue weighted by atomic mass is 35.5. The van der Waals surface area contributed by atoms with Gasteiger partial charge in [-0.15, -0.1) is 11.6 Å². The van der Waals surface area contributed by atoms with E-state index in [4.69, 9.17) is 21.1 Å². The van der Waals surface area contributed by atoms with E-state index in [0.29, 0.717) is 5.92 Å². The maximum atomic E-state index is 6.55. The van der Waals surface area contributed by atoms with Crippen LogP contribution in [0, 0.1) is 11.8 Å². The van der Waals surface area contributed by atoms with Crippen LogP contribution in [0.25, 0.3) is 0 Å². The number of benzene rings is 1. The van der Waals surface area contributed by atoms with Gasteiger partial charge in [0.15, 0.2) is 0 Å². The van der Waals surface area contributed by atoms with E-state index in [0.717, 1.165) is 23.0 Å². The molecule has 17 heavy (non-hydrogen) atoms. The van der Waals surface area contributed by atoms with Crippen LogP contribution in [0.5, 0.6) is 11.5 Å². The number of alkyl halides is 1. The van der Waals surface area contributed by atoms with Crippen molar-refractivity contribution in [2.45, 2.75) is 25.1 Å². The van der Waals surface area contributed by atoms with Crippen LogP contribution >= 0.6 is 11.6 Å². The van der Waals surface area contributed by atoms with Crippen molar-refractivity contribution < 1.29 is 9.47 Å². The maximum Gasteiger partial charge on any atom is 0.127 e. The van der Waals surface area contributed by atoms with Crippen LogP contribution in [0.15, 0.2) is 18.2 Å². The van der Waals surface area contributed by atoms with Crippen molar-refractivity contribution in [1.82, 2.24) is 0 Å². The summed E-state index contributed by atoms with van der Waals surface area (Å²) in [5.74, 6) is 2.90. The highest BCUT2D eigenvalue weighted by Crippen LogP contribution is 2.47. The lowest BCUT2D eigenvalue weighted by molar-refractivity contribution is 0.385. The molecule has 2 unspecified atom stereocenters. The molecule has 1 aliphatic rings. The monoisotopic (exact) mass is 254 g/mol. The summed E-state index contributed by atoms with van der Waals surface area (Å²) in [6.07, 6.45) is 2.62. The first-order chi connectivity index (χ1) is 8.17. The van der Waals surface area contributed by atoms with Crippen LogP contribution in [0.1, 0.15) is 30.7 Å². The smallest absolute Gasteiger partial charge is 0.127 e. The van der Waals surface area contributed by atoms with Gasteiger partial charge in [-0.2, -0.15) is 0 Å². The summed E-state index contributed by atoms with van der Waals surface area (Å²) in [6.45, 7) is 2.22. The zero-order valence-corrected chi connectivity index (χ0v) is 11.3. The molecule has 2 atom stereocenters. The van der Waals surface area contributed by atoms with Gasteiger partial charge in [-0.25, -0.2) is 0 Å². The average molecular weight is 255 g/mol. The van der Waals surface area contributed by atoms with E-state index >= 15 is 0 Å². The molecule has 2 rings (SSSR count). The summed E-state index contributed by atoms with van der Waals surface area (Å²) in [7, 11) is 3.32. The highest BCUT2D eigenvalue weighted by Gasteiger charge is 2.34. The van der Waals surface area contributed by atoms with Gasteiger partial charge in [0.1, 0.15) is 11.5 Å². The first kappa shape index (κ1) is 12.6. The highest BCUT2D eigenvalue weighted by molar-refractivity contribution is 6.21. The van der Waals surface area contributed by atoms with Gasteiger partial charge in [0.2, 0.25) is 0 Å². The van der Waals surface area contributed by atoms with Crippen molar-refractivity contribution in [3.63, 3.8) is 0 Å². The number of hydrogen-bond donors (Lipinski definition) is 0. The zero-order valence-electron chi connectivity index (χ0n) is 10.6. The second-order valence-corrected chi connectivity index (χ2v) is 5.18. The Morgan fingerprint density at radius 1 is 1.24 bits per heavy atom. The lowest BCUT2D eigenvalue weighted by Gasteiger charge is -2.20. The lowest BCUT2D eigenvalue weighted by atomic mass is 9.95. The van der Waals surface area contributed by atoms with Gasteiger partial charge in [-0.05, 0) is 30.7 Å². The average Bonchev–Trinajstić information content (AvgIpc) is 3.20. The van der Waals surface area contributed by atoms with Crippen molar-refractivity contribution in [3.8, 4) is 11.5 Å². The predicted molar refractivity (Wildman–Crippen MR) is 70.0 cm³/mol. The van der Waals surface area contributed by atoms with Crippen molar-refractivity contribution in [2.75, 3.05) is 14.2 Å². The zero-order chi connectivity index (χ0) is 12.4. The van der Waals surface area contributed by atoms with E-state index in [9.17, 15) is 0 Å². The molecule has 94 valence electrons. The van der Waals surface area contributed by atoms with E-state index in [1.807, 2.05) is 18.2 Å². The Labute approximate surface area is 108 Å². The van der Waals surface area contributed by atoms with Gasteiger partial charge in [0.25, 0.3) is 0 Å². The molecular formula is C14H19ClO2. The van der Waals surface area contributed by atoms with Gasteiger partial charge < -0.3 is 9.47 Å². The third-order valence-electron chi connectivity index (χ3n) is 3.56. The standard InChI is InChI=1S/C14H19ClO2/c1-9(10-4-5-10)14(15)12-7-6-11(16-2)8-13(12)17-3/h6-10,14H,4-5H2,1-3H3. The van der Waals surface area contributed by atoms with Gasteiger partial charge in [-0.3, -0.25) is 0 Å². The summed E-state index contributed by atoms with van der Waals surface area (Å²) in [4.78, 5) is 0. The summed E-state index contributed by atoms with van der Waals surface area (Å²) >= 11 is 6.55. The molecule has 1 aliphatic carbocycles. The summed E-state index contributed by atoms with van der Waals surface area (Å²) in [6, 6.07) is 5.84. The Hall–Kier alpha value is -0.890. The molecular weight excluding hydrogens is 236 g/mol. The largest absolute Gasteiger partial charge is 0.497 e. The van der Waals surface area contributed by atoms with E-state index in [2.05, 4.69) is 6.92 Å². The summed E-state index contributed by atoms with van der Waals surface area (Å²) < 4.78 is 10.6. The Morgan fingerprint density at radius 3 is 2.47 bits per heavy atom. The normalized spacial score (nSPS) is 18.6. The van der Waals surface area contributed by atoms with E-state index in [-0.39, 0.29) is 5.38 Å². The number of rotatable bonds is 5. The van der Waals surface area contributed by atoms with E-state index in [1.165, 1.54) is 12.8 Å². The number of halogens is 1. The molecule has 0 heterocycles. The number of methoxy groups -OCH3 is 2. The van der Waals surface area contributed by atoms with Crippen LogP contribution in [0.3, 0.4) is 0 Å². The topological polar surface area (TPSA) is 18.5 Å². The quantitative estimate of drug-likeness (QED) is 0.739. The van der Waals surface area contributed by atoms with Crippen LogP contribution < -0.4 is 9.47 Å². The molecule has 0 spiro atoms. The Balaban J connectivity index is 2.23. The van der Waals surface area contributed by atoms with Crippen molar-refractivity contribution >= 4 is 11.6 Å². The molecule has 0 radical (unpaired) electrons. The molecule has 1 aromatic rings. The maximum absolute atomic E-state index is 6.55. The van der Waals surface area contributed by atoms with Gasteiger partial charge in [0.05, 0.1) is 19.6 Å². The fraction of sp³-hybridized carbons (Fsp3) is 0.571. The molecule has 0 bridgehead atoms. The van der Waals surface area contributed by atoms with Gasteiger partial charge in [-0.1, -0.05) is 13.0 Å². The molecule has 1 aromatic carbocycles. The summed E-state index contributed by atoms with van der Waals surface area (Å²) in [5, 5.41) is 0.0170. The third-order valence-corrected chi connectivity index (χ3v) is 4.20. The molecule has 0 saturated heterocycles. The van der Waals surface area contributed by atoms with Crippen molar-refractivity contribution in [1.29, 1.82) is 0 Å². The van der Waals surface area contributed by atoms with Crippen LogP contribution in [-0.4, -0.2) is 14.2 Å². The third kappa shape index (κ3) is 2.68. The van der Waals surface area contributed by atoms with Crippen LogP contribution in [0.2, 0.25) is 0 Å².